The van der Waals surface area contributed by atoms with Crippen LogP contribution in [0, 0.1) is 0 Å². The summed E-state index contributed by atoms with van der Waals surface area (Å²) in [5.74, 6) is 0. The topological polar surface area (TPSA) is 0 Å². The second-order valence-electron chi connectivity index (χ2n) is 4.99. The molecule has 0 aromatic heterocycles. The third-order valence-corrected chi connectivity index (χ3v) is 3.62. The van der Waals surface area contributed by atoms with Crippen LogP contribution in [0.3, 0.4) is 0 Å². The molecule has 0 saturated carbocycles. The highest BCUT2D eigenvalue weighted by Crippen LogP contribution is 2.36. The van der Waals surface area contributed by atoms with Crippen LogP contribution in [0.2, 0.25) is 0 Å². The van der Waals surface area contributed by atoms with E-state index < -0.39 is 0 Å². The molecular weight excluding hydrogens is 192 g/mol. The summed E-state index contributed by atoms with van der Waals surface area (Å²) in [6.07, 6.45) is 3.66. The standard InChI is InChI=1S/C16H24/c1-6-12-16(5,7-2)15-11-9-8-10-14(15)13(3)4/h8-11H,3,6-7,12H2,1-2,4-5H3. The largest absolute Gasteiger partial charge is 0.0955 e. The highest BCUT2D eigenvalue weighted by Gasteiger charge is 2.25. The van der Waals surface area contributed by atoms with Gasteiger partial charge in [0.1, 0.15) is 0 Å². The van der Waals surface area contributed by atoms with Crippen LogP contribution >= 0.6 is 0 Å². The molecule has 0 N–H and O–H groups in total. The van der Waals surface area contributed by atoms with Crippen LogP contribution in [0.4, 0.5) is 0 Å². The van der Waals surface area contributed by atoms with E-state index >= 15 is 0 Å². The SMILES string of the molecule is C=C(C)c1ccccc1C(C)(CC)CCC. The maximum absolute atomic E-state index is 4.09. The van der Waals surface area contributed by atoms with E-state index in [1.165, 1.54) is 36.0 Å². The number of hydrogen-bond acceptors (Lipinski definition) is 0. The molecule has 0 saturated heterocycles. The van der Waals surface area contributed by atoms with Crippen LogP contribution < -0.4 is 0 Å². The number of benzene rings is 1. The van der Waals surface area contributed by atoms with E-state index in [1.54, 1.807) is 0 Å². The first-order valence-corrected chi connectivity index (χ1v) is 6.30. The smallest absolute Gasteiger partial charge is 0.00719 e. The van der Waals surface area contributed by atoms with Crippen molar-refractivity contribution in [2.75, 3.05) is 0 Å². The summed E-state index contributed by atoms with van der Waals surface area (Å²) in [6, 6.07) is 8.71. The van der Waals surface area contributed by atoms with Crippen LogP contribution in [0.5, 0.6) is 0 Å². The predicted octanol–water partition coefficient (Wildman–Crippen LogP) is 5.19. The van der Waals surface area contributed by atoms with Gasteiger partial charge in [-0.15, -0.1) is 0 Å². The van der Waals surface area contributed by atoms with Gasteiger partial charge in [-0.1, -0.05) is 63.6 Å². The normalized spacial score (nSPS) is 14.5. The zero-order valence-electron chi connectivity index (χ0n) is 11.1. The van der Waals surface area contributed by atoms with Crippen molar-refractivity contribution >= 4 is 5.57 Å². The Hall–Kier alpha value is -1.04. The summed E-state index contributed by atoms with van der Waals surface area (Å²) in [5, 5.41) is 0. The first-order valence-electron chi connectivity index (χ1n) is 6.30. The van der Waals surface area contributed by atoms with Crippen molar-refractivity contribution in [3.63, 3.8) is 0 Å². The molecule has 0 fully saturated rings. The van der Waals surface area contributed by atoms with Gasteiger partial charge in [0.25, 0.3) is 0 Å². The molecule has 1 atom stereocenters. The lowest BCUT2D eigenvalue weighted by atomic mass is 9.74. The Morgan fingerprint density at radius 1 is 1.25 bits per heavy atom. The van der Waals surface area contributed by atoms with Gasteiger partial charge in [0.2, 0.25) is 0 Å². The Morgan fingerprint density at radius 2 is 1.88 bits per heavy atom. The average molecular weight is 216 g/mol. The minimum absolute atomic E-state index is 0.296. The van der Waals surface area contributed by atoms with Crippen molar-refractivity contribution in [2.24, 2.45) is 0 Å². The summed E-state index contributed by atoms with van der Waals surface area (Å²) in [5.41, 5.74) is 4.27. The monoisotopic (exact) mass is 216 g/mol. The molecule has 88 valence electrons. The minimum Gasteiger partial charge on any atom is -0.0955 e. The van der Waals surface area contributed by atoms with E-state index in [4.69, 9.17) is 0 Å². The van der Waals surface area contributed by atoms with Gasteiger partial charge in [0, 0.05) is 0 Å². The van der Waals surface area contributed by atoms with E-state index in [1.807, 2.05) is 0 Å². The van der Waals surface area contributed by atoms with Crippen molar-refractivity contribution in [2.45, 2.75) is 52.4 Å². The molecule has 1 aromatic rings. The second-order valence-corrected chi connectivity index (χ2v) is 4.99. The van der Waals surface area contributed by atoms with Gasteiger partial charge in [-0.05, 0) is 36.3 Å². The molecule has 0 radical (unpaired) electrons. The van der Waals surface area contributed by atoms with Gasteiger partial charge in [0.15, 0.2) is 0 Å². The van der Waals surface area contributed by atoms with E-state index in [2.05, 4.69) is 58.5 Å². The minimum atomic E-state index is 0.296. The zero-order valence-corrected chi connectivity index (χ0v) is 11.1. The molecule has 0 aliphatic carbocycles. The van der Waals surface area contributed by atoms with Crippen molar-refractivity contribution in [3.05, 3.63) is 42.0 Å². The van der Waals surface area contributed by atoms with Gasteiger partial charge in [-0.2, -0.15) is 0 Å². The number of allylic oxidation sites excluding steroid dienone is 1. The molecule has 1 rings (SSSR count). The quantitative estimate of drug-likeness (QED) is 0.635. The van der Waals surface area contributed by atoms with Crippen molar-refractivity contribution in [3.8, 4) is 0 Å². The fraction of sp³-hybridized carbons (Fsp3) is 0.500. The molecule has 0 aliphatic rings. The summed E-state index contributed by atoms with van der Waals surface area (Å²) < 4.78 is 0. The average Bonchev–Trinajstić information content (AvgIpc) is 2.29. The molecular formula is C16H24. The van der Waals surface area contributed by atoms with Crippen LogP contribution in [-0.2, 0) is 5.41 Å². The summed E-state index contributed by atoms with van der Waals surface area (Å²) in [6.45, 7) is 13.1. The van der Waals surface area contributed by atoms with Crippen LogP contribution in [0.1, 0.15) is 58.1 Å². The molecule has 0 heterocycles. The van der Waals surface area contributed by atoms with Crippen LogP contribution in [0.25, 0.3) is 5.57 Å². The summed E-state index contributed by atoms with van der Waals surface area (Å²) in [7, 11) is 0. The van der Waals surface area contributed by atoms with E-state index in [9.17, 15) is 0 Å². The van der Waals surface area contributed by atoms with Gasteiger partial charge < -0.3 is 0 Å². The number of hydrogen-bond donors (Lipinski definition) is 0. The van der Waals surface area contributed by atoms with Crippen molar-refractivity contribution < 1.29 is 0 Å². The predicted molar refractivity (Wildman–Crippen MR) is 73.7 cm³/mol. The highest BCUT2D eigenvalue weighted by atomic mass is 14.3. The highest BCUT2D eigenvalue weighted by molar-refractivity contribution is 5.65. The molecule has 0 aliphatic heterocycles. The van der Waals surface area contributed by atoms with Gasteiger partial charge in [-0.3, -0.25) is 0 Å². The summed E-state index contributed by atoms with van der Waals surface area (Å²) in [4.78, 5) is 0. The third-order valence-electron chi connectivity index (χ3n) is 3.62. The lowest BCUT2D eigenvalue weighted by molar-refractivity contribution is 0.413. The van der Waals surface area contributed by atoms with Gasteiger partial charge >= 0.3 is 0 Å². The third kappa shape index (κ3) is 2.55. The Bertz CT molecular complexity index is 362. The van der Waals surface area contributed by atoms with E-state index in [-0.39, 0.29) is 0 Å². The van der Waals surface area contributed by atoms with E-state index in [0.29, 0.717) is 5.41 Å². The molecule has 0 amide bonds. The molecule has 0 heteroatoms. The second kappa shape index (κ2) is 5.34. The Labute approximate surface area is 100 Å². The van der Waals surface area contributed by atoms with Crippen molar-refractivity contribution in [1.29, 1.82) is 0 Å². The first-order chi connectivity index (χ1) is 7.55. The Morgan fingerprint density at radius 3 is 2.38 bits per heavy atom. The lowest BCUT2D eigenvalue weighted by Crippen LogP contribution is -2.22. The molecule has 1 unspecified atom stereocenters. The van der Waals surface area contributed by atoms with Crippen LogP contribution in [0.15, 0.2) is 30.8 Å². The maximum atomic E-state index is 4.09. The molecule has 0 bridgehead atoms. The molecule has 16 heavy (non-hydrogen) atoms. The Kier molecular flexibility index (Phi) is 4.35. The summed E-state index contributed by atoms with van der Waals surface area (Å²) >= 11 is 0. The zero-order chi connectivity index (χ0) is 12.2. The lowest BCUT2D eigenvalue weighted by Gasteiger charge is -2.31. The van der Waals surface area contributed by atoms with E-state index in [0.717, 1.165) is 0 Å². The number of rotatable bonds is 5. The van der Waals surface area contributed by atoms with Gasteiger partial charge in [-0.25, -0.2) is 0 Å². The Balaban J connectivity index is 3.24. The van der Waals surface area contributed by atoms with Crippen molar-refractivity contribution in [1.82, 2.24) is 0 Å². The first kappa shape index (κ1) is 13.0. The molecule has 1 aromatic carbocycles. The molecule has 0 nitrogen and oxygen atoms in total. The fourth-order valence-corrected chi connectivity index (χ4v) is 2.44. The maximum Gasteiger partial charge on any atom is -0.00719 e. The van der Waals surface area contributed by atoms with Gasteiger partial charge in [0.05, 0.1) is 0 Å². The molecule has 0 spiro atoms. The fourth-order valence-electron chi connectivity index (χ4n) is 2.44. The van der Waals surface area contributed by atoms with Crippen LogP contribution in [-0.4, -0.2) is 0 Å².